The SMILES string of the molecule is Cc1c(NC(=O)COC(=O)c2ccc(N3C(=O)[C@H]4C[C@H](c5ccccc5)CC[C@H]4C3=O)cc2)ccc(Br)c1Cl. The Kier molecular flexibility index (Phi) is 7.86. The van der Waals surface area contributed by atoms with E-state index in [2.05, 4.69) is 33.4 Å². The average Bonchev–Trinajstić information content (AvgIpc) is 3.21. The Hall–Kier alpha value is -3.49. The number of benzene rings is 3. The summed E-state index contributed by atoms with van der Waals surface area (Å²) < 4.78 is 5.86. The van der Waals surface area contributed by atoms with Gasteiger partial charge in [0.2, 0.25) is 11.8 Å². The maximum Gasteiger partial charge on any atom is 0.338 e. The van der Waals surface area contributed by atoms with Crippen LogP contribution < -0.4 is 10.2 Å². The van der Waals surface area contributed by atoms with E-state index < -0.39 is 18.5 Å². The minimum absolute atomic E-state index is 0.188. The van der Waals surface area contributed by atoms with Crippen molar-refractivity contribution in [1.29, 1.82) is 0 Å². The predicted octanol–water partition coefficient (Wildman–Crippen LogP) is 6.28. The zero-order valence-electron chi connectivity index (χ0n) is 21.2. The first-order valence-corrected chi connectivity index (χ1v) is 13.9. The number of nitrogens with one attached hydrogen (secondary N) is 1. The maximum absolute atomic E-state index is 13.3. The second-order valence-electron chi connectivity index (χ2n) is 9.85. The summed E-state index contributed by atoms with van der Waals surface area (Å²) in [5, 5.41) is 3.16. The Labute approximate surface area is 239 Å². The molecule has 0 spiro atoms. The third-order valence-corrected chi connectivity index (χ3v) is 8.88. The van der Waals surface area contributed by atoms with Gasteiger partial charge < -0.3 is 10.1 Å². The molecule has 0 unspecified atom stereocenters. The highest BCUT2D eigenvalue weighted by atomic mass is 79.9. The number of imide groups is 1. The van der Waals surface area contributed by atoms with Gasteiger partial charge in [-0.1, -0.05) is 41.9 Å². The van der Waals surface area contributed by atoms with E-state index in [1.807, 2.05) is 18.2 Å². The van der Waals surface area contributed by atoms with Crippen molar-refractivity contribution in [3.05, 3.63) is 92.9 Å². The summed E-state index contributed by atoms with van der Waals surface area (Å²) in [5.41, 5.74) is 3.02. The molecule has 1 heterocycles. The van der Waals surface area contributed by atoms with Crippen molar-refractivity contribution in [1.82, 2.24) is 0 Å². The Bertz CT molecular complexity index is 1440. The highest BCUT2D eigenvalue weighted by Gasteiger charge is 2.50. The number of ether oxygens (including phenoxy) is 1. The predicted molar refractivity (Wildman–Crippen MR) is 152 cm³/mol. The molecule has 9 heteroatoms. The van der Waals surface area contributed by atoms with E-state index in [9.17, 15) is 19.2 Å². The molecule has 1 aliphatic heterocycles. The highest BCUT2D eigenvalue weighted by Crippen LogP contribution is 2.45. The summed E-state index contributed by atoms with van der Waals surface area (Å²) in [7, 11) is 0. The van der Waals surface area contributed by atoms with Crippen molar-refractivity contribution in [3.8, 4) is 0 Å². The zero-order chi connectivity index (χ0) is 27.7. The van der Waals surface area contributed by atoms with Gasteiger partial charge in [-0.05, 0) is 95.6 Å². The average molecular weight is 610 g/mol. The van der Waals surface area contributed by atoms with Crippen LogP contribution in [0.5, 0.6) is 0 Å². The number of hydrogen-bond acceptors (Lipinski definition) is 5. The summed E-state index contributed by atoms with van der Waals surface area (Å²) in [6.07, 6.45) is 2.18. The monoisotopic (exact) mass is 608 g/mol. The molecule has 200 valence electrons. The molecule has 1 N–H and O–H groups in total. The fourth-order valence-corrected chi connectivity index (χ4v) is 5.99. The van der Waals surface area contributed by atoms with Crippen molar-refractivity contribution >= 4 is 62.6 Å². The highest BCUT2D eigenvalue weighted by molar-refractivity contribution is 9.10. The summed E-state index contributed by atoms with van der Waals surface area (Å²) >= 11 is 9.52. The van der Waals surface area contributed by atoms with E-state index in [4.69, 9.17) is 16.3 Å². The number of hydrogen-bond donors (Lipinski definition) is 1. The topological polar surface area (TPSA) is 92.8 Å². The van der Waals surface area contributed by atoms with E-state index >= 15 is 0 Å². The molecule has 3 aromatic rings. The Morgan fingerprint density at radius 2 is 1.67 bits per heavy atom. The van der Waals surface area contributed by atoms with Gasteiger partial charge in [0, 0.05) is 10.2 Å². The van der Waals surface area contributed by atoms with Crippen LogP contribution in [-0.4, -0.2) is 30.3 Å². The minimum atomic E-state index is -0.694. The molecule has 7 nitrogen and oxygen atoms in total. The number of carbonyl (C=O) groups excluding carboxylic acids is 4. The molecule has 0 radical (unpaired) electrons. The Morgan fingerprint density at radius 1 is 0.974 bits per heavy atom. The molecule has 1 aliphatic carbocycles. The van der Waals surface area contributed by atoms with Crippen LogP contribution in [0.1, 0.15) is 46.7 Å². The summed E-state index contributed by atoms with van der Waals surface area (Å²) in [5.74, 6) is -1.99. The number of nitrogens with zero attached hydrogens (tertiary/aromatic N) is 1. The molecule has 3 atom stereocenters. The van der Waals surface area contributed by atoms with Crippen LogP contribution in [0, 0.1) is 18.8 Å². The van der Waals surface area contributed by atoms with Crippen molar-refractivity contribution in [2.75, 3.05) is 16.8 Å². The largest absolute Gasteiger partial charge is 0.452 e. The number of esters is 1. The van der Waals surface area contributed by atoms with Crippen molar-refractivity contribution in [3.63, 3.8) is 0 Å². The third-order valence-electron chi connectivity index (χ3n) is 7.51. The lowest BCUT2D eigenvalue weighted by Crippen LogP contribution is -2.30. The smallest absolute Gasteiger partial charge is 0.338 e. The number of carbonyl (C=O) groups is 4. The van der Waals surface area contributed by atoms with Gasteiger partial charge in [-0.3, -0.25) is 19.3 Å². The number of amides is 3. The first-order valence-electron chi connectivity index (χ1n) is 12.7. The van der Waals surface area contributed by atoms with Crippen molar-refractivity contribution in [2.24, 2.45) is 11.8 Å². The summed E-state index contributed by atoms with van der Waals surface area (Å²) in [4.78, 5) is 52.5. The second-order valence-corrected chi connectivity index (χ2v) is 11.1. The van der Waals surface area contributed by atoms with E-state index in [1.54, 1.807) is 31.2 Å². The molecule has 2 aliphatic rings. The number of fused-ring (bicyclic) bond motifs is 1. The number of rotatable bonds is 6. The quantitative estimate of drug-likeness (QED) is 0.262. The lowest BCUT2D eigenvalue weighted by Gasteiger charge is -2.28. The van der Waals surface area contributed by atoms with Gasteiger partial charge in [0.25, 0.3) is 5.91 Å². The fourth-order valence-electron chi connectivity index (χ4n) is 5.40. The van der Waals surface area contributed by atoms with Crippen molar-refractivity contribution < 1.29 is 23.9 Å². The lowest BCUT2D eigenvalue weighted by atomic mass is 9.73. The zero-order valence-corrected chi connectivity index (χ0v) is 23.5. The summed E-state index contributed by atoms with van der Waals surface area (Å²) in [6.45, 7) is 1.28. The van der Waals surface area contributed by atoms with E-state index in [1.165, 1.54) is 22.6 Å². The minimum Gasteiger partial charge on any atom is -0.452 e. The first kappa shape index (κ1) is 27.1. The molecule has 0 bridgehead atoms. The van der Waals surface area contributed by atoms with Gasteiger partial charge in [-0.25, -0.2) is 4.79 Å². The third kappa shape index (κ3) is 5.49. The van der Waals surface area contributed by atoms with Gasteiger partial charge in [-0.15, -0.1) is 0 Å². The molecule has 2 fully saturated rings. The van der Waals surface area contributed by atoms with Crippen LogP contribution in [0.15, 0.2) is 71.2 Å². The Morgan fingerprint density at radius 3 is 2.38 bits per heavy atom. The molecule has 3 aromatic carbocycles. The normalized spacial score (nSPS) is 20.5. The molecule has 0 aromatic heterocycles. The standard InChI is InChI=1S/C30H26BrClN2O5/c1-17-25(14-13-24(31)27(17)32)33-26(35)16-39-30(38)19-7-10-21(11-8-19)34-28(36)22-12-9-20(15-23(22)29(34)37)18-5-3-2-4-6-18/h2-8,10-11,13-14,20,22-23H,9,12,15-16H2,1H3,(H,33,35)/t20-,22-,23+/m1/s1. The van der Waals surface area contributed by atoms with Crippen LogP contribution in [0.2, 0.25) is 5.02 Å². The maximum atomic E-state index is 13.3. The van der Waals surface area contributed by atoms with Crippen LogP contribution in [0.4, 0.5) is 11.4 Å². The van der Waals surface area contributed by atoms with Crippen LogP contribution in [-0.2, 0) is 19.1 Å². The number of halogens is 2. The number of anilines is 2. The van der Waals surface area contributed by atoms with Crippen LogP contribution in [0.3, 0.4) is 0 Å². The van der Waals surface area contributed by atoms with Gasteiger partial charge in [0.1, 0.15) is 0 Å². The van der Waals surface area contributed by atoms with E-state index in [-0.39, 0.29) is 35.1 Å². The molecule has 1 saturated heterocycles. The molecule has 5 rings (SSSR count). The van der Waals surface area contributed by atoms with Gasteiger partial charge in [0.15, 0.2) is 6.61 Å². The van der Waals surface area contributed by atoms with Gasteiger partial charge in [0.05, 0.1) is 28.1 Å². The molecular weight excluding hydrogens is 584 g/mol. The van der Waals surface area contributed by atoms with Gasteiger partial charge >= 0.3 is 5.97 Å². The van der Waals surface area contributed by atoms with Gasteiger partial charge in [-0.2, -0.15) is 0 Å². The second kappa shape index (κ2) is 11.3. The molecular formula is C30H26BrClN2O5. The Balaban J connectivity index is 1.20. The molecule has 1 saturated carbocycles. The summed E-state index contributed by atoms with van der Waals surface area (Å²) in [6, 6.07) is 19.6. The van der Waals surface area contributed by atoms with Crippen LogP contribution >= 0.6 is 27.5 Å². The molecule has 39 heavy (non-hydrogen) atoms. The van der Waals surface area contributed by atoms with Crippen LogP contribution in [0.25, 0.3) is 0 Å². The lowest BCUT2D eigenvalue weighted by molar-refractivity contribution is -0.122. The fraction of sp³-hybridized carbons (Fsp3) is 0.267. The van der Waals surface area contributed by atoms with E-state index in [0.717, 1.165) is 6.42 Å². The van der Waals surface area contributed by atoms with E-state index in [0.29, 0.717) is 39.3 Å². The molecule has 3 amide bonds. The first-order chi connectivity index (χ1) is 18.7. The van der Waals surface area contributed by atoms with Crippen molar-refractivity contribution in [2.45, 2.75) is 32.1 Å².